The molecule has 7 heteroatoms. The number of hydrogen-bond donors (Lipinski definition) is 2. The van der Waals surface area contributed by atoms with Gasteiger partial charge in [0, 0.05) is 32.3 Å². The molecule has 1 fully saturated rings. The summed E-state index contributed by atoms with van der Waals surface area (Å²) in [6.45, 7) is 1.46. The normalized spacial score (nSPS) is 15.5. The Morgan fingerprint density at radius 1 is 1.25 bits per heavy atom. The Balaban J connectivity index is 0.00000208. The molecule has 0 atom stereocenters. The molecule has 2 N–H and O–H groups in total. The van der Waals surface area contributed by atoms with Crippen LogP contribution in [-0.2, 0) is 19.0 Å². The first-order chi connectivity index (χ1) is 11.1. The van der Waals surface area contributed by atoms with Crippen LogP contribution in [0.4, 0.5) is 4.39 Å². The zero-order valence-electron chi connectivity index (χ0n) is 13.9. The number of benzene rings is 1. The molecule has 0 unspecified atom stereocenters. The van der Waals surface area contributed by atoms with Gasteiger partial charge in [-0.1, -0.05) is 12.1 Å². The quantitative estimate of drug-likeness (QED) is 0.425. The number of halogens is 2. The van der Waals surface area contributed by atoms with Crippen LogP contribution < -0.4 is 10.6 Å². The third kappa shape index (κ3) is 4.25. The molecule has 0 amide bonds. The molecule has 1 aliphatic rings. The summed E-state index contributed by atoms with van der Waals surface area (Å²) in [6.07, 6.45) is 4.01. The second-order valence-corrected chi connectivity index (χ2v) is 6.01. The van der Waals surface area contributed by atoms with Crippen LogP contribution in [0, 0.1) is 5.82 Å². The average molecular weight is 443 g/mol. The van der Waals surface area contributed by atoms with Crippen molar-refractivity contribution in [3.05, 3.63) is 53.6 Å². The van der Waals surface area contributed by atoms with Crippen LogP contribution in [0.5, 0.6) is 0 Å². The van der Waals surface area contributed by atoms with Crippen LogP contribution >= 0.6 is 24.0 Å². The van der Waals surface area contributed by atoms with E-state index in [9.17, 15) is 4.39 Å². The third-order valence-corrected chi connectivity index (χ3v) is 4.49. The van der Waals surface area contributed by atoms with Crippen molar-refractivity contribution in [2.45, 2.75) is 24.8 Å². The van der Waals surface area contributed by atoms with E-state index in [4.69, 9.17) is 0 Å². The van der Waals surface area contributed by atoms with Gasteiger partial charge >= 0.3 is 0 Å². The van der Waals surface area contributed by atoms with Crippen LogP contribution in [0.15, 0.2) is 41.5 Å². The van der Waals surface area contributed by atoms with E-state index >= 15 is 0 Å². The summed E-state index contributed by atoms with van der Waals surface area (Å²) in [5.74, 6) is 0.575. The van der Waals surface area contributed by atoms with Crippen molar-refractivity contribution in [1.29, 1.82) is 0 Å². The Morgan fingerprint density at radius 2 is 1.96 bits per heavy atom. The zero-order valence-corrected chi connectivity index (χ0v) is 16.3. The minimum Gasteiger partial charge on any atom is -0.356 e. The summed E-state index contributed by atoms with van der Waals surface area (Å²) in [7, 11) is 3.68. The lowest BCUT2D eigenvalue weighted by atomic mass is 9.96. The second-order valence-electron chi connectivity index (χ2n) is 6.01. The maximum atomic E-state index is 13.1. The number of hydrogen-bond acceptors (Lipinski definition) is 2. The molecule has 1 aromatic heterocycles. The largest absolute Gasteiger partial charge is 0.356 e. The van der Waals surface area contributed by atoms with Crippen molar-refractivity contribution in [1.82, 2.24) is 20.4 Å². The minimum absolute atomic E-state index is 0. The van der Waals surface area contributed by atoms with E-state index in [1.807, 2.05) is 29.9 Å². The molecule has 0 spiro atoms. The first kappa shape index (κ1) is 18.7. The van der Waals surface area contributed by atoms with Crippen molar-refractivity contribution in [3.8, 4) is 0 Å². The summed E-state index contributed by atoms with van der Waals surface area (Å²) in [5, 5.41) is 10.8. The summed E-state index contributed by atoms with van der Waals surface area (Å²) in [5.41, 5.74) is 2.39. The van der Waals surface area contributed by atoms with Gasteiger partial charge in [-0.2, -0.15) is 5.10 Å². The first-order valence-electron chi connectivity index (χ1n) is 7.80. The molecule has 5 nitrogen and oxygen atoms in total. The SMILES string of the molecule is CN=C(NCc1ccnn1C)NCC1(c2ccc(F)cc2)CC1.I. The molecular formula is C17H23FIN5. The fourth-order valence-electron chi connectivity index (χ4n) is 2.74. The molecule has 1 saturated carbocycles. The molecule has 1 aromatic carbocycles. The number of nitrogens with zero attached hydrogens (tertiary/aromatic N) is 3. The molecule has 24 heavy (non-hydrogen) atoms. The highest BCUT2D eigenvalue weighted by molar-refractivity contribution is 14.0. The minimum atomic E-state index is -0.189. The number of aryl methyl sites for hydroxylation is 1. The Kier molecular flexibility index (Phi) is 6.20. The molecular weight excluding hydrogens is 420 g/mol. The van der Waals surface area contributed by atoms with Gasteiger partial charge < -0.3 is 10.6 Å². The van der Waals surface area contributed by atoms with Crippen LogP contribution in [0.3, 0.4) is 0 Å². The van der Waals surface area contributed by atoms with Crippen LogP contribution in [-0.4, -0.2) is 29.3 Å². The number of rotatable bonds is 5. The maximum Gasteiger partial charge on any atom is 0.191 e. The summed E-state index contributed by atoms with van der Waals surface area (Å²) < 4.78 is 14.9. The lowest BCUT2D eigenvalue weighted by molar-refractivity contribution is 0.616. The van der Waals surface area contributed by atoms with Crippen molar-refractivity contribution in [2.24, 2.45) is 12.0 Å². The standard InChI is InChI=1S/C17H22FN5.HI/c1-19-16(20-11-15-7-10-22-23(15)2)21-12-17(8-9-17)13-3-5-14(18)6-4-13;/h3-7,10H,8-9,11-12H2,1-2H3,(H2,19,20,21);1H. The van der Waals surface area contributed by atoms with E-state index in [0.717, 1.165) is 31.0 Å². The highest BCUT2D eigenvalue weighted by Crippen LogP contribution is 2.47. The predicted molar refractivity (Wildman–Crippen MR) is 104 cm³/mol. The van der Waals surface area contributed by atoms with E-state index in [0.29, 0.717) is 6.54 Å². The van der Waals surface area contributed by atoms with E-state index < -0.39 is 0 Å². The van der Waals surface area contributed by atoms with Crippen molar-refractivity contribution >= 4 is 29.9 Å². The van der Waals surface area contributed by atoms with Crippen LogP contribution in [0.2, 0.25) is 0 Å². The number of nitrogens with one attached hydrogen (secondary N) is 2. The second kappa shape index (κ2) is 7.96. The highest BCUT2D eigenvalue weighted by Gasteiger charge is 2.44. The molecule has 0 radical (unpaired) electrons. The Bertz CT molecular complexity index is 691. The monoisotopic (exact) mass is 443 g/mol. The van der Waals surface area contributed by atoms with Gasteiger partial charge in [0.1, 0.15) is 5.82 Å². The maximum absolute atomic E-state index is 13.1. The van der Waals surface area contributed by atoms with Crippen LogP contribution in [0.25, 0.3) is 0 Å². The van der Waals surface area contributed by atoms with E-state index in [-0.39, 0.29) is 35.2 Å². The van der Waals surface area contributed by atoms with Crippen molar-refractivity contribution in [3.63, 3.8) is 0 Å². The van der Waals surface area contributed by atoms with Gasteiger partial charge in [0.2, 0.25) is 0 Å². The predicted octanol–water partition coefficient (Wildman–Crippen LogP) is 2.57. The van der Waals surface area contributed by atoms with Gasteiger partial charge in [-0.15, -0.1) is 24.0 Å². The fourth-order valence-corrected chi connectivity index (χ4v) is 2.74. The van der Waals surface area contributed by atoms with Gasteiger partial charge in [0.05, 0.1) is 12.2 Å². The fraction of sp³-hybridized carbons (Fsp3) is 0.412. The Labute approximate surface area is 158 Å². The van der Waals surface area contributed by atoms with E-state index in [1.165, 1.54) is 17.7 Å². The molecule has 1 heterocycles. The summed E-state index contributed by atoms with van der Waals surface area (Å²) >= 11 is 0. The number of guanidine groups is 1. The number of aromatic nitrogens is 2. The van der Waals surface area contributed by atoms with Crippen molar-refractivity contribution in [2.75, 3.05) is 13.6 Å². The van der Waals surface area contributed by atoms with Gasteiger partial charge in [-0.05, 0) is 36.6 Å². The van der Waals surface area contributed by atoms with Gasteiger partial charge in [-0.3, -0.25) is 9.67 Å². The Morgan fingerprint density at radius 3 is 2.50 bits per heavy atom. The third-order valence-electron chi connectivity index (χ3n) is 4.49. The molecule has 130 valence electrons. The zero-order chi connectivity index (χ0) is 16.3. The van der Waals surface area contributed by atoms with E-state index in [2.05, 4.69) is 20.7 Å². The number of aliphatic imine (C=N–C) groups is 1. The molecule has 1 aliphatic carbocycles. The van der Waals surface area contributed by atoms with E-state index in [1.54, 1.807) is 13.2 Å². The highest BCUT2D eigenvalue weighted by atomic mass is 127. The van der Waals surface area contributed by atoms with Gasteiger partial charge in [0.15, 0.2) is 5.96 Å². The summed E-state index contributed by atoms with van der Waals surface area (Å²) in [4.78, 5) is 4.26. The van der Waals surface area contributed by atoms with Crippen LogP contribution in [0.1, 0.15) is 24.1 Å². The lowest BCUT2D eigenvalue weighted by Gasteiger charge is -2.19. The lowest BCUT2D eigenvalue weighted by Crippen LogP contribution is -2.41. The first-order valence-corrected chi connectivity index (χ1v) is 7.80. The smallest absolute Gasteiger partial charge is 0.191 e. The van der Waals surface area contributed by atoms with Gasteiger partial charge in [-0.25, -0.2) is 4.39 Å². The average Bonchev–Trinajstić information content (AvgIpc) is 3.24. The van der Waals surface area contributed by atoms with Gasteiger partial charge in [0.25, 0.3) is 0 Å². The molecule has 0 aliphatic heterocycles. The molecule has 2 aromatic rings. The summed E-state index contributed by atoms with van der Waals surface area (Å²) in [6, 6.07) is 8.81. The Hall–Kier alpha value is -1.64. The van der Waals surface area contributed by atoms with Crippen molar-refractivity contribution < 1.29 is 4.39 Å². The molecule has 0 bridgehead atoms. The molecule has 3 rings (SSSR count). The topological polar surface area (TPSA) is 54.2 Å². The molecule has 0 saturated heterocycles.